The third-order valence-electron chi connectivity index (χ3n) is 4.50. The van der Waals surface area contributed by atoms with Crippen LogP contribution in [0.25, 0.3) is 11.1 Å². The Morgan fingerprint density at radius 3 is 2.23 bits per heavy atom. The smallest absolute Gasteiger partial charge is 0.133 e. The number of Topliss-reactive ketones (excluding diaryl/α,β-unsaturated/α-hetero) is 1. The molecular formula is C23H22FNO. The van der Waals surface area contributed by atoms with Crippen molar-refractivity contribution < 1.29 is 9.18 Å². The number of aryl methyl sites for hydroxylation is 2. The lowest BCUT2D eigenvalue weighted by Crippen LogP contribution is -2.01. The second-order valence-electron chi connectivity index (χ2n) is 6.42. The summed E-state index contributed by atoms with van der Waals surface area (Å²) in [5, 5.41) is 0. The lowest BCUT2D eigenvalue weighted by molar-refractivity contribution is -0.119. The second kappa shape index (κ2) is 9.04. The molecule has 1 heterocycles. The van der Waals surface area contributed by atoms with Crippen molar-refractivity contribution in [1.82, 2.24) is 4.98 Å². The van der Waals surface area contributed by atoms with Gasteiger partial charge in [-0.05, 0) is 54.2 Å². The van der Waals surface area contributed by atoms with E-state index in [-0.39, 0.29) is 5.82 Å². The quantitative estimate of drug-likeness (QED) is 0.545. The zero-order valence-corrected chi connectivity index (χ0v) is 14.7. The number of rotatable bonds is 8. The third kappa shape index (κ3) is 5.09. The van der Waals surface area contributed by atoms with E-state index in [9.17, 15) is 9.18 Å². The summed E-state index contributed by atoms with van der Waals surface area (Å²) in [6, 6.07) is 18.6. The first kappa shape index (κ1) is 18.0. The average molecular weight is 347 g/mol. The molecule has 0 unspecified atom stereocenters. The van der Waals surface area contributed by atoms with Crippen molar-refractivity contribution >= 4 is 5.78 Å². The Balaban J connectivity index is 1.45. The summed E-state index contributed by atoms with van der Waals surface area (Å²) in [4.78, 5) is 16.0. The molecule has 0 atom stereocenters. The Morgan fingerprint density at radius 2 is 1.50 bits per heavy atom. The molecule has 132 valence electrons. The van der Waals surface area contributed by atoms with E-state index in [2.05, 4.69) is 4.98 Å². The van der Waals surface area contributed by atoms with Crippen LogP contribution >= 0.6 is 0 Å². The molecule has 0 spiro atoms. The summed E-state index contributed by atoms with van der Waals surface area (Å²) in [5.41, 5.74) is 3.81. The van der Waals surface area contributed by atoms with Gasteiger partial charge in [0.25, 0.3) is 0 Å². The van der Waals surface area contributed by atoms with E-state index in [1.165, 1.54) is 11.6 Å². The first-order valence-electron chi connectivity index (χ1n) is 8.97. The Morgan fingerprint density at radius 1 is 0.808 bits per heavy atom. The van der Waals surface area contributed by atoms with E-state index in [0.717, 1.165) is 30.4 Å². The number of halogens is 1. The number of benzene rings is 2. The van der Waals surface area contributed by atoms with Crippen LogP contribution in [0.1, 0.15) is 30.4 Å². The van der Waals surface area contributed by atoms with Gasteiger partial charge in [-0.25, -0.2) is 4.39 Å². The van der Waals surface area contributed by atoms with Gasteiger partial charge in [-0.3, -0.25) is 9.78 Å². The fourth-order valence-electron chi connectivity index (χ4n) is 2.99. The number of hydrogen-bond acceptors (Lipinski definition) is 2. The maximum absolute atomic E-state index is 13.8. The van der Waals surface area contributed by atoms with Crippen LogP contribution < -0.4 is 0 Å². The molecule has 2 nitrogen and oxygen atoms in total. The van der Waals surface area contributed by atoms with E-state index in [0.29, 0.717) is 24.2 Å². The van der Waals surface area contributed by atoms with Crippen LogP contribution in [0, 0.1) is 5.82 Å². The van der Waals surface area contributed by atoms with Crippen molar-refractivity contribution in [3.05, 3.63) is 90.0 Å². The molecule has 26 heavy (non-hydrogen) atoms. The number of hydrogen-bond donors (Lipinski definition) is 0. The molecule has 0 aliphatic heterocycles. The minimum absolute atomic E-state index is 0.208. The van der Waals surface area contributed by atoms with Gasteiger partial charge in [0.1, 0.15) is 11.6 Å². The van der Waals surface area contributed by atoms with E-state index in [1.54, 1.807) is 24.5 Å². The monoisotopic (exact) mass is 347 g/mol. The molecule has 0 bridgehead atoms. The van der Waals surface area contributed by atoms with Crippen LogP contribution in [0.15, 0.2) is 73.1 Å². The molecule has 0 fully saturated rings. The van der Waals surface area contributed by atoms with Crippen LogP contribution in [0.5, 0.6) is 0 Å². The highest BCUT2D eigenvalue weighted by atomic mass is 19.1. The number of ketones is 1. The molecule has 0 saturated carbocycles. The minimum atomic E-state index is -0.208. The minimum Gasteiger partial charge on any atom is -0.300 e. The highest BCUT2D eigenvalue weighted by molar-refractivity contribution is 5.78. The summed E-state index contributed by atoms with van der Waals surface area (Å²) in [7, 11) is 0. The van der Waals surface area contributed by atoms with Crippen LogP contribution in [0.4, 0.5) is 4.39 Å². The normalized spacial score (nSPS) is 10.7. The molecule has 0 aliphatic rings. The summed E-state index contributed by atoms with van der Waals surface area (Å²) in [5.74, 6) is 0.0878. The number of aromatic nitrogens is 1. The van der Waals surface area contributed by atoms with Crippen LogP contribution in [-0.2, 0) is 17.6 Å². The molecule has 2 aromatic carbocycles. The highest BCUT2D eigenvalue weighted by Crippen LogP contribution is 2.23. The van der Waals surface area contributed by atoms with Gasteiger partial charge in [-0.1, -0.05) is 42.5 Å². The first-order valence-corrected chi connectivity index (χ1v) is 8.97. The van der Waals surface area contributed by atoms with E-state index in [4.69, 9.17) is 0 Å². The maximum atomic E-state index is 13.8. The summed E-state index contributed by atoms with van der Waals surface area (Å²) < 4.78 is 13.8. The predicted octanol–water partition coefficient (Wildman–Crippen LogP) is 5.41. The molecule has 0 radical (unpaired) electrons. The largest absolute Gasteiger partial charge is 0.300 e. The van der Waals surface area contributed by atoms with Crippen molar-refractivity contribution in [1.29, 1.82) is 0 Å². The fourth-order valence-corrected chi connectivity index (χ4v) is 2.99. The van der Waals surface area contributed by atoms with Crippen LogP contribution in [-0.4, -0.2) is 10.8 Å². The molecule has 3 rings (SSSR count). The van der Waals surface area contributed by atoms with Gasteiger partial charge >= 0.3 is 0 Å². The Hall–Kier alpha value is -2.81. The Bertz CT molecular complexity index is 844. The molecule has 1 aromatic heterocycles. The summed E-state index contributed by atoms with van der Waals surface area (Å²) >= 11 is 0. The van der Waals surface area contributed by atoms with Gasteiger partial charge in [-0.15, -0.1) is 0 Å². The average Bonchev–Trinajstić information content (AvgIpc) is 2.68. The lowest BCUT2D eigenvalue weighted by Gasteiger charge is -2.06. The van der Waals surface area contributed by atoms with Gasteiger partial charge < -0.3 is 0 Å². The van der Waals surface area contributed by atoms with Crippen molar-refractivity contribution in [2.45, 2.75) is 32.1 Å². The lowest BCUT2D eigenvalue weighted by atomic mass is 10.00. The number of pyridine rings is 1. The molecule has 0 saturated heterocycles. The molecule has 0 amide bonds. The van der Waals surface area contributed by atoms with Gasteiger partial charge in [0.05, 0.1) is 0 Å². The second-order valence-corrected chi connectivity index (χ2v) is 6.42. The van der Waals surface area contributed by atoms with Crippen molar-refractivity contribution in [3.8, 4) is 11.1 Å². The number of carbonyl (C=O) groups is 1. The van der Waals surface area contributed by atoms with Gasteiger partial charge in [-0.2, -0.15) is 0 Å². The van der Waals surface area contributed by atoms with Gasteiger partial charge in [0, 0.05) is 30.8 Å². The zero-order valence-electron chi connectivity index (χ0n) is 14.7. The highest BCUT2D eigenvalue weighted by Gasteiger charge is 2.05. The van der Waals surface area contributed by atoms with Crippen molar-refractivity contribution in [2.75, 3.05) is 0 Å². The predicted molar refractivity (Wildman–Crippen MR) is 102 cm³/mol. The SMILES string of the molecule is O=C(CCCc1ccc(-c2ccccc2F)cc1)CCc1ccncc1. The van der Waals surface area contributed by atoms with E-state index < -0.39 is 0 Å². The van der Waals surface area contributed by atoms with Gasteiger partial charge in [0.2, 0.25) is 0 Å². The van der Waals surface area contributed by atoms with Gasteiger partial charge in [0.15, 0.2) is 0 Å². The van der Waals surface area contributed by atoms with Crippen molar-refractivity contribution in [2.24, 2.45) is 0 Å². The topological polar surface area (TPSA) is 30.0 Å². The summed E-state index contributed by atoms with van der Waals surface area (Å²) in [6.45, 7) is 0. The number of carbonyl (C=O) groups excluding carboxylic acids is 1. The zero-order chi connectivity index (χ0) is 18.2. The Labute approximate surface area is 153 Å². The molecule has 3 heteroatoms. The summed E-state index contributed by atoms with van der Waals surface area (Å²) in [6.07, 6.45) is 7.16. The van der Waals surface area contributed by atoms with Crippen LogP contribution in [0.3, 0.4) is 0 Å². The molecule has 3 aromatic rings. The fraction of sp³-hybridized carbons (Fsp3) is 0.217. The Kier molecular flexibility index (Phi) is 6.26. The van der Waals surface area contributed by atoms with Crippen molar-refractivity contribution in [3.63, 3.8) is 0 Å². The number of nitrogens with zero attached hydrogens (tertiary/aromatic N) is 1. The van der Waals surface area contributed by atoms with E-state index in [1.807, 2.05) is 42.5 Å². The molecular weight excluding hydrogens is 325 g/mol. The molecule has 0 aliphatic carbocycles. The van der Waals surface area contributed by atoms with Crippen LogP contribution in [0.2, 0.25) is 0 Å². The first-order chi connectivity index (χ1) is 12.7. The molecule has 0 N–H and O–H groups in total. The standard InChI is InChI=1S/C23H22FNO/c24-23-7-2-1-6-22(23)20-11-8-18(9-12-20)4-3-5-21(26)13-10-19-14-16-25-17-15-19/h1-2,6-9,11-12,14-17H,3-5,10,13H2. The van der Waals surface area contributed by atoms with E-state index >= 15 is 0 Å². The third-order valence-corrected chi connectivity index (χ3v) is 4.50. The maximum Gasteiger partial charge on any atom is 0.133 e.